The van der Waals surface area contributed by atoms with E-state index in [0.29, 0.717) is 17.4 Å². The van der Waals surface area contributed by atoms with Crippen LogP contribution in [-0.4, -0.2) is 23.6 Å². The molecule has 1 aromatic rings. The molecule has 3 atom stereocenters. The van der Waals surface area contributed by atoms with Gasteiger partial charge in [0.1, 0.15) is 5.82 Å². The first-order valence-electron chi connectivity index (χ1n) is 8.51. The molecule has 6 heteroatoms. The summed E-state index contributed by atoms with van der Waals surface area (Å²) >= 11 is 0. The van der Waals surface area contributed by atoms with Gasteiger partial charge in [-0.15, -0.1) is 12.4 Å². The van der Waals surface area contributed by atoms with E-state index in [1.165, 1.54) is 30.7 Å². The third-order valence-corrected chi connectivity index (χ3v) is 5.51. The Balaban J connectivity index is 0.00000208. The summed E-state index contributed by atoms with van der Waals surface area (Å²) in [6.07, 6.45) is 4.37. The number of rotatable bonds is 4. The molecule has 0 heterocycles. The lowest BCUT2D eigenvalue weighted by atomic mass is 9.65. The minimum absolute atomic E-state index is 0. The van der Waals surface area contributed by atoms with Crippen LogP contribution < -0.4 is 11.1 Å². The van der Waals surface area contributed by atoms with Crippen LogP contribution in [0.4, 0.5) is 4.39 Å². The summed E-state index contributed by atoms with van der Waals surface area (Å²) in [6, 6.07) is 5.94. The first-order chi connectivity index (χ1) is 11.0. The summed E-state index contributed by atoms with van der Waals surface area (Å²) in [5.41, 5.74) is 6.86. The van der Waals surface area contributed by atoms with Crippen molar-refractivity contribution in [2.45, 2.75) is 44.2 Å². The number of halogens is 2. The van der Waals surface area contributed by atoms with E-state index in [1.807, 2.05) is 0 Å². The fourth-order valence-corrected chi connectivity index (χ4v) is 4.15. The van der Waals surface area contributed by atoms with E-state index >= 15 is 0 Å². The van der Waals surface area contributed by atoms with Crippen LogP contribution in [0.3, 0.4) is 0 Å². The molecular formula is C18H26ClFN2O2. The smallest absolute Gasteiger partial charge is 0.223 e. The van der Waals surface area contributed by atoms with Gasteiger partial charge in [-0.2, -0.15) is 0 Å². The lowest BCUT2D eigenvalue weighted by molar-refractivity contribution is -0.128. The van der Waals surface area contributed by atoms with Crippen LogP contribution in [-0.2, 0) is 4.79 Å². The van der Waals surface area contributed by atoms with E-state index in [0.717, 1.165) is 25.7 Å². The highest BCUT2D eigenvalue weighted by Gasteiger charge is 2.40. The monoisotopic (exact) mass is 356 g/mol. The summed E-state index contributed by atoms with van der Waals surface area (Å²) in [7, 11) is 0. The zero-order valence-electron chi connectivity index (χ0n) is 13.7. The highest BCUT2D eigenvalue weighted by atomic mass is 35.5. The zero-order valence-corrected chi connectivity index (χ0v) is 14.5. The van der Waals surface area contributed by atoms with Crippen LogP contribution in [0.5, 0.6) is 0 Å². The van der Waals surface area contributed by atoms with Crippen LogP contribution in [0.25, 0.3) is 0 Å². The number of nitrogens with one attached hydrogen (secondary N) is 1. The van der Waals surface area contributed by atoms with Gasteiger partial charge in [-0.25, -0.2) is 4.39 Å². The lowest BCUT2D eigenvalue weighted by Gasteiger charge is -2.43. The Morgan fingerprint density at radius 3 is 2.42 bits per heavy atom. The highest BCUT2D eigenvalue weighted by Crippen LogP contribution is 2.41. The summed E-state index contributed by atoms with van der Waals surface area (Å²) in [4.78, 5) is 12.4. The zero-order chi connectivity index (χ0) is 16.4. The number of hydrogen-bond acceptors (Lipinski definition) is 3. The van der Waals surface area contributed by atoms with Gasteiger partial charge in [0.05, 0.1) is 6.10 Å². The molecule has 2 aliphatic rings. The number of hydrogen-bond donors (Lipinski definition) is 3. The van der Waals surface area contributed by atoms with Crippen molar-refractivity contribution in [2.24, 2.45) is 23.5 Å². The molecule has 3 rings (SSSR count). The molecule has 0 saturated heterocycles. The van der Waals surface area contributed by atoms with Gasteiger partial charge in [0.15, 0.2) is 0 Å². The first kappa shape index (κ1) is 19.2. The maximum absolute atomic E-state index is 12.9. The van der Waals surface area contributed by atoms with Gasteiger partial charge in [-0.1, -0.05) is 18.6 Å². The van der Waals surface area contributed by atoms with E-state index in [2.05, 4.69) is 5.32 Å². The van der Waals surface area contributed by atoms with Gasteiger partial charge >= 0.3 is 0 Å². The molecule has 0 radical (unpaired) electrons. The molecule has 2 fully saturated rings. The van der Waals surface area contributed by atoms with Crippen LogP contribution in [0.2, 0.25) is 0 Å². The fraction of sp³-hybridized carbons (Fsp3) is 0.611. The summed E-state index contributed by atoms with van der Waals surface area (Å²) in [5, 5.41) is 13.0. The largest absolute Gasteiger partial charge is 0.387 e. The average Bonchev–Trinajstić information content (AvgIpc) is 2.52. The van der Waals surface area contributed by atoms with E-state index < -0.39 is 6.10 Å². The number of aliphatic hydroxyl groups is 1. The van der Waals surface area contributed by atoms with Gasteiger partial charge in [0, 0.05) is 18.5 Å². The van der Waals surface area contributed by atoms with E-state index in [4.69, 9.17) is 5.73 Å². The Kier molecular flexibility index (Phi) is 6.61. The van der Waals surface area contributed by atoms with Crippen molar-refractivity contribution >= 4 is 18.3 Å². The molecule has 3 unspecified atom stereocenters. The number of aliphatic hydroxyl groups excluding tert-OH is 1. The molecule has 0 aliphatic heterocycles. The quantitative estimate of drug-likeness (QED) is 0.776. The highest BCUT2D eigenvalue weighted by molar-refractivity contribution is 5.85. The normalized spacial score (nSPS) is 30.1. The Labute approximate surface area is 148 Å². The third-order valence-electron chi connectivity index (χ3n) is 5.51. The predicted molar refractivity (Wildman–Crippen MR) is 93.1 cm³/mol. The topological polar surface area (TPSA) is 75.4 Å². The van der Waals surface area contributed by atoms with Gasteiger partial charge in [-0.05, 0) is 55.2 Å². The summed E-state index contributed by atoms with van der Waals surface area (Å²) < 4.78 is 12.9. The minimum Gasteiger partial charge on any atom is -0.387 e. The van der Waals surface area contributed by atoms with Crippen molar-refractivity contribution < 1.29 is 14.3 Å². The number of benzene rings is 1. The molecule has 0 spiro atoms. The van der Waals surface area contributed by atoms with E-state index in [-0.39, 0.29) is 42.6 Å². The minimum atomic E-state index is -0.815. The summed E-state index contributed by atoms with van der Waals surface area (Å²) in [6.45, 7) is 0.155. The standard InChI is InChI=1S/C18H25FN2O2.ClH/c19-15-6-4-11(5-7-15)16(22)10-21-18(23)14-8-12-2-1-3-13(9-14)17(12)20;/h4-7,12-14,16-17,22H,1-3,8-10,20H2,(H,21,23);1H. The second kappa shape index (κ2) is 8.28. The number of fused-ring (bicyclic) bond motifs is 2. The van der Waals surface area contributed by atoms with E-state index in [9.17, 15) is 14.3 Å². The molecular weight excluding hydrogens is 331 g/mol. The summed E-state index contributed by atoms with van der Waals surface area (Å²) in [5.74, 6) is 0.594. The second-order valence-corrected chi connectivity index (χ2v) is 7.01. The van der Waals surface area contributed by atoms with Crippen molar-refractivity contribution in [3.63, 3.8) is 0 Å². The Morgan fingerprint density at radius 2 is 1.83 bits per heavy atom. The molecule has 1 aromatic carbocycles. The fourth-order valence-electron chi connectivity index (χ4n) is 4.15. The van der Waals surface area contributed by atoms with Gasteiger partial charge in [0.2, 0.25) is 5.91 Å². The second-order valence-electron chi connectivity index (χ2n) is 7.01. The van der Waals surface area contributed by atoms with Crippen LogP contribution in [0.15, 0.2) is 24.3 Å². The van der Waals surface area contributed by atoms with E-state index in [1.54, 1.807) is 0 Å². The molecule has 4 nitrogen and oxygen atoms in total. The molecule has 24 heavy (non-hydrogen) atoms. The van der Waals surface area contributed by atoms with Gasteiger partial charge in [-0.3, -0.25) is 4.79 Å². The number of amides is 1. The van der Waals surface area contributed by atoms with Crippen molar-refractivity contribution in [2.75, 3.05) is 6.54 Å². The maximum Gasteiger partial charge on any atom is 0.223 e. The van der Waals surface area contributed by atoms with Crippen LogP contribution >= 0.6 is 12.4 Å². The van der Waals surface area contributed by atoms with Crippen molar-refractivity contribution in [1.82, 2.24) is 5.32 Å². The molecule has 2 saturated carbocycles. The van der Waals surface area contributed by atoms with Crippen molar-refractivity contribution in [3.05, 3.63) is 35.6 Å². The van der Waals surface area contributed by atoms with Gasteiger partial charge < -0.3 is 16.2 Å². The maximum atomic E-state index is 12.9. The molecule has 2 aliphatic carbocycles. The molecule has 0 aromatic heterocycles. The van der Waals surface area contributed by atoms with Crippen molar-refractivity contribution in [3.8, 4) is 0 Å². The Bertz CT molecular complexity index is 540. The first-order valence-corrected chi connectivity index (χ1v) is 8.51. The molecule has 2 bridgehead atoms. The third kappa shape index (κ3) is 4.26. The SMILES string of the molecule is Cl.NC1C2CCCC1CC(C(=O)NCC(O)c1ccc(F)cc1)C2. The van der Waals surface area contributed by atoms with Crippen LogP contribution in [0.1, 0.15) is 43.8 Å². The lowest BCUT2D eigenvalue weighted by Crippen LogP contribution is -2.49. The van der Waals surface area contributed by atoms with Crippen molar-refractivity contribution in [1.29, 1.82) is 0 Å². The predicted octanol–water partition coefficient (Wildman–Crippen LogP) is 2.55. The number of carbonyl (C=O) groups is 1. The molecule has 4 N–H and O–H groups in total. The van der Waals surface area contributed by atoms with Gasteiger partial charge in [0.25, 0.3) is 0 Å². The van der Waals surface area contributed by atoms with Crippen LogP contribution in [0, 0.1) is 23.6 Å². The molecule has 134 valence electrons. The molecule has 1 amide bonds. The Hall–Kier alpha value is -1.17. The number of carbonyl (C=O) groups excluding carboxylic acids is 1. The number of nitrogens with two attached hydrogens (primary N) is 1. The average molecular weight is 357 g/mol. The Morgan fingerprint density at radius 1 is 1.25 bits per heavy atom.